The summed E-state index contributed by atoms with van der Waals surface area (Å²) in [4.78, 5) is 2.45. The lowest BCUT2D eigenvalue weighted by atomic mass is 9.96. The lowest BCUT2D eigenvalue weighted by Crippen LogP contribution is -2.62. The molecule has 2 fully saturated rings. The minimum Gasteiger partial charge on any atom is -0.392 e. The molecule has 2 rings (SSSR count). The summed E-state index contributed by atoms with van der Waals surface area (Å²) in [5.74, 6) is 0. The van der Waals surface area contributed by atoms with Gasteiger partial charge in [-0.3, -0.25) is 4.90 Å². The second-order valence-electron chi connectivity index (χ2n) is 4.00. The summed E-state index contributed by atoms with van der Waals surface area (Å²) in [7, 11) is 0. The van der Waals surface area contributed by atoms with Crippen LogP contribution in [0.3, 0.4) is 0 Å². The van der Waals surface area contributed by atoms with Crippen molar-refractivity contribution in [2.75, 3.05) is 19.6 Å². The van der Waals surface area contributed by atoms with Crippen LogP contribution in [0.25, 0.3) is 0 Å². The Morgan fingerprint density at radius 3 is 2.75 bits per heavy atom. The van der Waals surface area contributed by atoms with Gasteiger partial charge in [-0.15, -0.1) is 0 Å². The third-order valence-corrected chi connectivity index (χ3v) is 3.23. The average molecular weight is 170 g/mol. The van der Waals surface area contributed by atoms with E-state index in [1.165, 1.54) is 6.54 Å². The molecule has 3 nitrogen and oxygen atoms in total. The van der Waals surface area contributed by atoms with E-state index >= 15 is 0 Å². The van der Waals surface area contributed by atoms with Crippen molar-refractivity contribution in [3.63, 3.8) is 0 Å². The van der Waals surface area contributed by atoms with Crippen molar-refractivity contribution < 1.29 is 5.11 Å². The van der Waals surface area contributed by atoms with Crippen LogP contribution in [-0.4, -0.2) is 47.8 Å². The van der Waals surface area contributed by atoms with Crippen LogP contribution in [0.4, 0.5) is 0 Å². The van der Waals surface area contributed by atoms with Crippen LogP contribution in [0.1, 0.15) is 19.8 Å². The van der Waals surface area contributed by atoms with Crippen molar-refractivity contribution in [1.82, 2.24) is 10.2 Å². The van der Waals surface area contributed by atoms with Crippen molar-refractivity contribution in [1.29, 1.82) is 0 Å². The number of nitrogens with one attached hydrogen (secondary N) is 1. The van der Waals surface area contributed by atoms with Crippen LogP contribution >= 0.6 is 0 Å². The number of aliphatic hydroxyl groups is 1. The zero-order valence-electron chi connectivity index (χ0n) is 7.66. The molecule has 2 aliphatic heterocycles. The molecule has 2 unspecified atom stereocenters. The number of hydrogen-bond donors (Lipinski definition) is 2. The van der Waals surface area contributed by atoms with Gasteiger partial charge in [-0.1, -0.05) is 0 Å². The fourth-order valence-electron chi connectivity index (χ4n) is 2.17. The molecule has 0 bridgehead atoms. The van der Waals surface area contributed by atoms with Gasteiger partial charge in [0, 0.05) is 25.2 Å². The van der Waals surface area contributed by atoms with Crippen LogP contribution < -0.4 is 5.32 Å². The van der Waals surface area contributed by atoms with E-state index in [2.05, 4.69) is 17.1 Å². The average Bonchev–Trinajstić information content (AvgIpc) is 1.95. The lowest BCUT2D eigenvalue weighted by molar-refractivity contribution is -0.0157. The van der Waals surface area contributed by atoms with E-state index in [0.29, 0.717) is 12.1 Å². The van der Waals surface area contributed by atoms with Crippen LogP contribution in [0.15, 0.2) is 0 Å². The van der Waals surface area contributed by atoms with Crippen LogP contribution in [0, 0.1) is 0 Å². The Morgan fingerprint density at radius 2 is 2.17 bits per heavy atom. The molecule has 0 amide bonds. The third kappa shape index (κ3) is 1.37. The van der Waals surface area contributed by atoms with E-state index in [0.717, 1.165) is 25.9 Å². The predicted octanol–water partition coefficient (Wildman–Crippen LogP) is -0.197. The molecule has 0 spiro atoms. The zero-order chi connectivity index (χ0) is 8.55. The van der Waals surface area contributed by atoms with Crippen molar-refractivity contribution in [2.24, 2.45) is 0 Å². The van der Waals surface area contributed by atoms with E-state index < -0.39 is 0 Å². The Morgan fingerprint density at radius 1 is 1.42 bits per heavy atom. The van der Waals surface area contributed by atoms with Crippen LogP contribution in [0.2, 0.25) is 0 Å². The molecule has 2 saturated heterocycles. The van der Waals surface area contributed by atoms with E-state index in [9.17, 15) is 5.11 Å². The molecular weight excluding hydrogens is 152 g/mol. The third-order valence-electron chi connectivity index (χ3n) is 3.23. The van der Waals surface area contributed by atoms with Crippen molar-refractivity contribution >= 4 is 0 Å². The zero-order valence-corrected chi connectivity index (χ0v) is 7.66. The Balaban J connectivity index is 1.93. The second-order valence-corrected chi connectivity index (χ2v) is 4.00. The highest BCUT2D eigenvalue weighted by molar-refractivity contribution is 4.91. The standard InChI is InChI=1S/C9H18N2O/c1-7-9(12)3-2-4-11(7)8-5-10-6-8/h7-10,12H,2-6H2,1H3. The fourth-order valence-corrected chi connectivity index (χ4v) is 2.17. The molecule has 2 heterocycles. The number of piperidine rings is 1. The molecule has 2 N–H and O–H groups in total. The number of rotatable bonds is 1. The maximum absolute atomic E-state index is 9.65. The van der Waals surface area contributed by atoms with Gasteiger partial charge in [0.15, 0.2) is 0 Å². The molecular formula is C9H18N2O. The summed E-state index contributed by atoms with van der Waals surface area (Å²) in [6, 6.07) is 1.06. The molecule has 12 heavy (non-hydrogen) atoms. The highest BCUT2D eigenvalue weighted by Crippen LogP contribution is 2.21. The van der Waals surface area contributed by atoms with E-state index in [-0.39, 0.29) is 6.10 Å². The summed E-state index contributed by atoms with van der Waals surface area (Å²) in [5.41, 5.74) is 0. The predicted molar refractivity (Wildman–Crippen MR) is 48.1 cm³/mol. The van der Waals surface area contributed by atoms with Gasteiger partial charge in [-0.05, 0) is 26.3 Å². The number of hydrogen-bond acceptors (Lipinski definition) is 3. The van der Waals surface area contributed by atoms with Gasteiger partial charge >= 0.3 is 0 Å². The van der Waals surface area contributed by atoms with Gasteiger partial charge in [0.05, 0.1) is 6.10 Å². The number of likely N-dealkylation sites (tertiary alicyclic amines) is 1. The quantitative estimate of drug-likeness (QED) is 0.572. The summed E-state index contributed by atoms with van der Waals surface area (Å²) >= 11 is 0. The van der Waals surface area contributed by atoms with Crippen LogP contribution in [0.5, 0.6) is 0 Å². The minimum atomic E-state index is -0.0978. The van der Waals surface area contributed by atoms with Gasteiger partial charge in [0.1, 0.15) is 0 Å². The maximum Gasteiger partial charge on any atom is 0.0693 e. The van der Waals surface area contributed by atoms with Gasteiger partial charge in [0.25, 0.3) is 0 Å². The highest BCUT2D eigenvalue weighted by atomic mass is 16.3. The Bertz CT molecular complexity index is 159. The van der Waals surface area contributed by atoms with E-state index in [4.69, 9.17) is 0 Å². The molecule has 0 aliphatic carbocycles. The highest BCUT2D eigenvalue weighted by Gasteiger charge is 2.33. The van der Waals surface area contributed by atoms with Crippen molar-refractivity contribution in [3.05, 3.63) is 0 Å². The van der Waals surface area contributed by atoms with Crippen molar-refractivity contribution in [2.45, 2.75) is 38.0 Å². The molecule has 0 radical (unpaired) electrons. The molecule has 2 atom stereocenters. The Kier molecular flexibility index (Phi) is 2.35. The maximum atomic E-state index is 9.65. The van der Waals surface area contributed by atoms with Gasteiger partial charge in [-0.2, -0.15) is 0 Å². The Hall–Kier alpha value is -0.120. The first kappa shape index (κ1) is 8.48. The first-order chi connectivity index (χ1) is 5.79. The van der Waals surface area contributed by atoms with E-state index in [1.807, 2.05) is 0 Å². The fraction of sp³-hybridized carbons (Fsp3) is 1.00. The van der Waals surface area contributed by atoms with Crippen LogP contribution in [-0.2, 0) is 0 Å². The molecule has 0 aromatic rings. The smallest absolute Gasteiger partial charge is 0.0693 e. The first-order valence-corrected chi connectivity index (χ1v) is 4.93. The largest absolute Gasteiger partial charge is 0.392 e. The van der Waals surface area contributed by atoms with E-state index in [1.54, 1.807) is 0 Å². The first-order valence-electron chi connectivity index (χ1n) is 4.93. The lowest BCUT2D eigenvalue weighted by Gasteiger charge is -2.46. The summed E-state index contributed by atoms with van der Waals surface area (Å²) in [6.45, 7) is 5.53. The number of nitrogens with zero attached hydrogens (tertiary/aromatic N) is 1. The van der Waals surface area contributed by atoms with Gasteiger partial charge in [-0.25, -0.2) is 0 Å². The van der Waals surface area contributed by atoms with Gasteiger partial charge in [0.2, 0.25) is 0 Å². The molecule has 3 heteroatoms. The molecule has 0 saturated carbocycles. The monoisotopic (exact) mass is 170 g/mol. The molecule has 0 aromatic carbocycles. The SMILES string of the molecule is CC1C(O)CCCN1C1CNC1. The minimum absolute atomic E-state index is 0.0978. The topological polar surface area (TPSA) is 35.5 Å². The van der Waals surface area contributed by atoms with Gasteiger partial charge < -0.3 is 10.4 Å². The normalized spacial score (nSPS) is 39.5. The second kappa shape index (κ2) is 3.32. The van der Waals surface area contributed by atoms with Crippen molar-refractivity contribution in [3.8, 4) is 0 Å². The molecule has 0 aromatic heterocycles. The Labute approximate surface area is 73.8 Å². The molecule has 2 aliphatic rings. The number of aliphatic hydroxyl groups excluding tert-OH is 1. The molecule has 70 valence electrons. The summed E-state index contributed by atoms with van der Waals surface area (Å²) in [6.07, 6.45) is 2.04. The summed E-state index contributed by atoms with van der Waals surface area (Å²) < 4.78 is 0. The summed E-state index contributed by atoms with van der Waals surface area (Å²) in [5, 5.41) is 12.9.